The molecule has 1 aliphatic heterocycles. The maximum atomic E-state index is 13.0. The average Bonchev–Trinajstić information content (AvgIpc) is 3.60. The third-order valence-electron chi connectivity index (χ3n) is 7.02. The summed E-state index contributed by atoms with van der Waals surface area (Å²) in [7, 11) is 1.61. The van der Waals surface area contributed by atoms with Crippen LogP contribution in [0.5, 0.6) is 0 Å². The number of methoxy groups -OCH3 is 1. The number of rotatable bonds is 8. The molecule has 4 aromatic rings. The number of ether oxygens (including phenoxy) is 1. The van der Waals surface area contributed by atoms with Crippen LogP contribution in [0, 0.1) is 12.8 Å². The van der Waals surface area contributed by atoms with Gasteiger partial charge < -0.3 is 15.0 Å². The van der Waals surface area contributed by atoms with E-state index in [1.54, 1.807) is 24.3 Å². The Morgan fingerprint density at radius 3 is 2.49 bits per heavy atom. The summed E-state index contributed by atoms with van der Waals surface area (Å²) in [5.74, 6) is 0.395. The van der Waals surface area contributed by atoms with Gasteiger partial charge in [-0.15, -0.1) is 10.2 Å². The summed E-state index contributed by atoms with van der Waals surface area (Å²) in [4.78, 5) is 27.5. The number of carbonyl (C=O) groups is 2. The summed E-state index contributed by atoms with van der Waals surface area (Å²) in [6, 6.07) is 11.3. The minimum atomic E-state index is -0.102. The van der Waals surface area contributed by atoms with Crippen LogP contribution < -0.4 is 5.32 Å². The van der Waals surface area contributed by atoms with Crippen molar-refractivity contribution in [1.82, 2.24) is 34.8 Å². The van der Waals surface area contributed by atoms with E-state index in [0.29, 0.717) is 30.2 Å². The van der Waals surface area contributed by atoms with Crippen LogP contribution in [0.2, 0.25) is 0 Å². The van der Waals surface area contributed by atoms with Crippen LogP contribution >= 0.6 is 0 Å². The largest absolute Gasteiger partial charge is 0.383 e. The number of amides is 2. The molecule has 1 N–H and O–H groups in total. The van der Waals surface area contributed by atoms with Gasteiger partial charge in [0.1, 0.15) is 12.7 Å². The fraction of sp³-hybridized carbons (Fsp3) is 0.370. The highest BCUT2D eigenvalue weighted by molar-refractivity contribution is 6.00. The number of piperidine rings is 1. The van der Waals surface area contributed by atoms with Crippen molar-refractivity contribution in [3.63, 3.8) is 0 Å². The third kappa shape index (κ3) is 5.39. The number of likely N-dealkylation sites (tertiary alicyclic amines) is 1. The van der Waals surface area contributed by atoms with Crippen molar-refractivity contribution in [1.29, 1.82) is 0 Å². The van der Waals surface area contributed by atoms with Gasteiger partial charge in [-0.2, -0.15) is 5.10 Å². The first-order valence-corrected chi connectivity index (χ1v) is 12.5. The smallest absolute Gasteiger partial charge is 0.253 e. The Morgan fingerprint density at radius 2 is 1.78 bits per heavy atom. The van der Waals surface area contributed by atoms with Crippen molar-refractivity contribution in [3.8, 4) is 5.69 Å². The molecule has 0 atom stereocenters. The molecule has 2 aromatic carbocycles. The lowest BCUT2D eigenvalue weighted by atomic mass is 9.96. The number of aromatic nitrogens is 5. The van der Waals surface area contributed by atoms with E-state index in [4.69, 9.17) is 9.84 Å². The zero-order valence-corrected chi connectivity index (χ0v) is 21.1. The second-order valence-corrected chi connectivity index (χ2v) is 9.42. The van der Waals surface area contributed by atoms with Gasteiger partial charge in [0.2, 0.25) is 0 Å². The molecule has 37 heavy (non-hydrogen) atoms. The van der Waals surface area contributed by atoms with Crippen molar-refractivity contribution in [2.45, 2.75) is 26.3 Å². The summed E-state index contributed by atoms with van der Waals surface area (Å²) in [5, 5.41) is 16.3. The van der Waals surface area contributed by atoms with E-state index in [2.05, 4.69) is 15.5 Å². The Morgan fingerprint density at radius 1 is 1.05 bits per heavy atom. The predicted octanol–water partition coefficient (Wildman–Crippen LogP) is 2.85. The van der Waals surface area contributed by atoms with Crippen LogP contribution in [0.3, 0.4) is 0 Å². The number of nitrogens with zero attached hydrogens (tertiary/aromatic N) is 6. The molecule has 0 radical (unpaired) electrons. The molecule has 0 unspecified atom stereocenters. The van der Waals surface area contributed by atoms with Crippen molar-refractivity contribution in [2.75, 3.05) is 33.4 Å². The average molecular weight is 502 g/mol. The molecule has 0 saturated carbocycles. The third-order valence-corrected chi connectivity index (χ3v) is 7.02. The van der Waals surface area contributed by atoms with E-state index >= 15 is 0 Å². The second-order valence-electron chi connectivity index (χ2n) is 9.42. The van der Waals surface area contributed by atoms with E-state index in [1.165, 1.54) is 0 Å². The summed E-state index contributed by atoms with van der Waals surface area (Å²) < 4.78 is 8.80. The molecule has 0 spiro atoms. The summed E-state index contributed by atoms with van der Waals surface area (Å²) in [6.07, 6.45) is 7.14. The van der Waals surface area contributed by atoms with Gasteiger partial charge in [-0.25, -0.2) is 0 Å². The lowest BCUT2D eigenvalue weighted by Crippen LogP contribution is -2.39. The highest BCUT2D eigenvalue weighted by Gasteiger charge is 2.24. The van der Waals surface area contributed by atoms with E-state index in [9.17, 15) is 9.59 Å². The van der Waals surface area contributed by atoms with Crippen LogP contribution in [-0.4, -0.2) is 74.6 Å². The van der Waals surface area contributed by atoms with Crippen molar-refractivity contribution < 1.29 is 14.3 Å². The molecule has 0 aliphatic carbocycles. The van der Waals surface area contributed by atoms with E-state index in [0.717, 1.165) is 54.6 Å². The van der Waals surface area contributed by atoms with Gasteiger partial charge in [0.15, 0.2) is 0 Å². The molecular formula is C27H31N7O3. The van der Waals surface area contributed by atoms with Gasteiger partial charge in [0.05, 0.1) is 12.1 Å². The predicted molar refractivity (Wildman–Crippen MR) is 139 cm³/mol. The minimum Gasteiger partial charge on any atom is -0.383 e. The van der Waals surface area contributed by atoms with Crippen molar-refractivity contribution in [3.05, 3.63) is 71.9 Å². The van der Waals surface area contributed by atoms with Crippen molar-refractivity contribution in [2.24, 2.45) is 5.92 Å². The lowest BCUT2D eigenvalue weighted by Gasteiger charge is -2.32. The maximum absolute atomic E-state index is 13.0. The SMILES string of the molecule is COCCNC(=O)c1ccc2nn(CC3CCN(C(=O)c4ccc(-n5cnnc5)cc4)CC3)cc2c1C. The van der Waals surface area contributed by atoms with Gasteiger partial charge in [0, 0.05) is 61.7 Å². The number of nitrogens with one attached hydrogen (secondary N) is 1. The fourth-order valence-corrected chi connectivity index (χ4v) is 4.86. The minimum absolute atomic E-state index is 0.0607. The fourth-order valence-electron chi connectivity index (χ4n) is 4.86. The number of hydrogen-bond acceptors (Lipinski definition) is 6. The molecule has 2 amide bonds. The zero-order valence-electron chi connectivity index (χ0n) is 21.1. The van der Waals surface area contributed by atoms with Crippen LogP contribution in [0.1, 0.15) is 39.1 Å². The highest BCUT2D eigenvalue weighted by atomic mass is 16.5. The van der Waals surface area contributed by atoms with Gasteiger partial charge in [-0.1, -0.05) is 0 Å². The number of hydrogen-bond donors (Lipinski definition) is 1. The lowest BCUT2D eigenvalue weighted by molar-refractivity contribution is 0.0681. The molecule has 1 aliphatic rings. The molecule has 10 heteroatoms. The number of benzene rings is 2. The first kappa shape index (κ1) is 24.6. The standard InChI is InChI=1S/C27H31N7O3/c1-19-23(26(35)28-11-14-37-2)7-8-25-24(19)16-34(31-25)15-20-9-12-32(13-10-20)27(36)21-3-5-22(6-4-21)33-17-29-30-18-33/h3-8,16-18,20H,9-15H2,1-2H3,(H,28,35). The van der Waals surface area contributed by atoms with Crippen LogP contribution in [0.25, 0.3) is 16.6 Å². The van der Waals surface area contributed by atoms with E-state index in [1.807, 2.05) is 59.1 Å². The van der Waals surface area contributed by atoms with Gasteiger partial charge >= 0.3 is 0 Å². The Kier molecular flexibility index (Phi) is 7.27. The molecule has 1 fully saturated rings. The molecule has 1 saturated heterocycles. The molecule has 0 bridgehead atoms. The van der Waals surface area contributed by atoms with Gasteiger partial charge in [0.25, 0.3) is 11.8 Å². The quantitative estimate of drug-likeness (QED) is 0.372. The number of carbonyl (C=O) groups excluding carboxylic acids is 2. The molecule has 3 heterocycles. The number of fused-ring (bicyclic) bond motifs is 1. The second kappa shape index (κ2) is 10.9. The Labute approximate surface area is 215 Å². The van der Waals surface area contributed by atoms with Crippen molar-refractivity contribution >= 4 is 22.7 Å². The molecule has 192 valence electrons. The van der Waals surface area contributed by atoms with Gasteiger partial charge in [-0.05, 0) is 67.6 Å². The first-order chi connectivity index (χ1) is 18.0. The summed E-state index contributed by atoms with van der Waals surface area (Å²) in [6.45, 7) is 5.15. The molecule has 5 rings (SSSR count). The van der Waals surface area contributed by atoms with Crippen LogP contribution in [0.4, 0.5) is 0 Å². The zero-order chi connectivity index (χ0) is 25.8. The first-order valence-electron chi connectivity index (χ1n) is 12.5. The Hall–Kier alpha value is -4.05. The number of aryl methyl sites for hydroxylation is 1. The topological polar surface area (TPSA) is 107 Å². The van der Waals surface area contributed by atoms with E-state index in [-0.39, 0.29) is 11.8 Å². The molecule has 2 aromatic heterocycles. The summed E-state index contributed by atoms with van der Waals surface area (Å²) in [5.41, 5.74) is 4.07. The van der Waals surface area contributed by atoms with Crippen LogP contribution in [0.15, 0.2) is 55.2 Å². The summed E-state index contributed by atoms with van der Waals surface area (Å²) >= 11 is 0. The van der Waals surface area contributed by atoms with E-state index < -0.39 is 0 Å². The Balaban J connectivity index is 1.18. The molecular weight excluding hydrogens is 470 g/mol. The Bertz CT molecular complexity index is 1370. The monoisotopic (exact) mass is 501 g/mol. The van der Waals surface area contributed by atoms with Gasteiger partial charge in [-0.3, -0.25) is 18.8 Å². The molecule has 10 nitrogen and oxygen atoms in total. The maximum Gasteiger partial charge on any atom is 0.253 e. The normalized spacial score (nSPS) is 14.3. The van der Waals surface area contributed by atoms with Crippen LogP contribution in [-0.2, 0) is 11.3 Å². The highest BCUT2D eigenvalue weighted by Crippen LogP contribution is 2.25.